The monoisotopic (exact) mass is 301 g/mol. The fraction of sp³-hybridized carbons (Fsp3) is 0.500. The van der Waals surface area contributed by atoms with Crippen molar-refractivity contribution >= 4 is 11.6 Å². The van der Waals surface area contributed by atoms with Crippen LogP contribution in [0, 0.1) is 0 Å². The molecule has 116 valence electrons. The quantitative estimate of drug-likeness (QED) is 0.887. The number of halogens is 3. The summed E-state index contributed by atoms with van der Waals surface area (Å²) < 4.78 is 36.2. The Morgan fingerprint density at radius 3 is 2.81 bits per heavy atom. The molecule has 3 N–H and O–H groups in total. The summed E-state index contributed by atoms with van der Waals surface area (Å²) in [5.74, 6) is -0.622. The number of nitrogens with two attached hydrogens (primary N) is 1. The first kappa shape index (κ1) is 15.6. The smallest absolute Gasteiger partial charge is 0.362 e. The normalized spacial score (nSPS) is 14.8. The molecule has 7 heteroatoms. The van der Waals surface area contributed by atoms with Gasteiger partial charge in [0.2, 0.25) is 5.91 Å². The molecule has 0 radical (unpaired) electrons. The van der Waals surface area contributed by atoms with Crippen LogP contribution in [0.2, 0.25) is 0 Å². The number of alkyl halides is 3. The van der Waals surface area contributed by atoms with E-state index in [-0.39, 0.29) is 6.54 Å². The van der Waals surface area contributed by atoms with Gasteiger partial charge in [0.05, 0.1) is 6.54 Å². The number of anilines is 1. The van der Waals surface area contributed by atoms with Crippen molar-refractivity contribution in [1.82, 2.24) is 5.32 Å². The number of hydrogen-bond donors (Lipinski definition) is 2. The van der Waals surface area contributed by atoms with E-state index in [0.29, 0.717) is 13.1 Å². The van der Waals surface area contributed by atoms with Crippen molar-refractivity contribution in [3.05, 3.63) is 29.3 Å². The number of hydrogen-bond acceptors (Lipinski definition) is 3. The van der Waals surface area contributed by atoms with E-state index in [1.165, 1.54) is 0 Å². The standard InChI is InChI=1S/C14H18F3N3O/c15-14(16,17)9-19-13(21)8-20-5-1-2-11-6-10(7-18)3-4-12(11)20/h3-4,6H,1-2,5,7-9,18H2,(H,19,21). The molecule has 0 spiro atoms. The summed E-state index contributed by atoms with van der Waals surface area (Å²) in [6.45, 7) is -0.253. The van der Waals surface area contributed by atoms with Crippen LogP contribution in [0.3, 0.4) is 0 Å². The minimum atomic E-state index is -4.38. The maximum atomic E-state index is 12.1. The van der Waals surface area contributed by atoms with Crippen molar-refractivity contribution in [2.75, 3.05) is 24.5 Å². The average Bonchev–Trinajstić information content (AvgIpc) is 2.44. The van der Waals surface area contributed by atoms with Gasteiger partial charge in [-0.2, -0.15) is 13.2 Å². The van der Waals surface area contributed by atoms with E-state index in [0.717, 1.165) is 29.7 Å². The first-order valence-corrected chi connectivity index (χ1v) is 6.79. The predicted octanol–water partition coefficient (Wildman–Crippen LogP) is 1.58. The number of aryl methyl sites for hydroxylation is 1. The summed E-state index contributed by atoms with van der Waals surface area (Å²) >= 11 is 0. The van der Waals surface area contributed by atoms with Crippen LogP contribution >= 0.6 is 0 Å². The predicted molar refractivity (Wildman–Crippen MR) is 73.9 cm³/mol. The average molecular weight is 301 g/mol. The summed E-state index contributed by atoms with van der Waals surface area (Å²) in [5, 5.41) is 1.90. The molecule has 1 aromatic rings. The Morgan fingerprint density at radius 2 is 2.14 bits per heavy atom. The van der Waals surface area contributed by atoms with Crippen molar-refractivity contribution in [3.8, 4) is 0 Å². The fourth-order valence-electron chi connectivity index (χ4n) is 2.45. The molecule has 0 aliphatic carbocycles. The first-order valence-electron chi connectivity index (χ1n) is 6.79. The molecular formula is C14H18F3N3O. The lowest BCUT2D eigenvalue weighted by Gasteiger charge is -2.31. The van der Waals surface area contributed by atoms with Crippen LogP contribution in [0.5, 0.6) is 0 Å². The van der Waals surface area contributed by atoms with E-state index < -0.39 is 18.6 Å². The highest BCUT2D eigenvalue weighted by Crippen LogP contribution is 2.27. The van der Waals surface area contributed by atoms with Crippen molar-refractivity contribution in [1.29, 1.82) is 0 Å². The van der Waals surface area contributed by atoms with Crippen molar-refractivity contribution < 1.29 is 18.0 Å². The maximum Gasteiger partial charge on any atom is 0.405 e. The number of carbonyl (C=O) groups is 1. The van der Waals surface area contributed by atoms with Crippen molar-refractivity contribution in [2.24, 2.45) is 5.73 Å². The fourth-order valence-corrected chi connectivity index (χ4v) is 2.45. The lowest BCUT2D eigenvalue weighted by Crippen LogP contribution is -2.42. The summed E-state index contributed by atoms with van der Waals surface area (Å²) in [7, 11) is 0. The molecule has 0 fully saturated rings. The molecule has 0 atom stereocenters. The van der Waals surface area contributed by atoms with Gasteiger partial charge in [0.15, 0.2) is 0 Å². The van der Waals surface area contributed by atoms with Crippen molar-refractivity contribution in [3.63, 3.8) is 0 Å². The largest absolute Gasteiger partial charge is 0.405 e. The summed E-state index contributed by atoms with van der Waals surface area (Å²) in [4.78, 5) is 13.4. The number of fused-ring (bicyclic) bond motifs is 1. The Hall–Kier alpha value is -1.76. The van der Waals surface area contributed by atoms with E-state index in [1.54, 1.807) is 0 Å². The molecule has 0 aromatic heterocycles. The van der Waals surface area contributed by atoms with E-state index in [4.69, 9.17) is 5.73 Å². The van der Waals surface area contributed by atoms with E-state index >= 15 is 0 Å². The molecule has 1 heterocycles. The Bertz CT molecular complexity index is 517. The van der Waals surface area contributed by atoms with Gasteiger partial charge in [0.1, 0.15) is 6.54 Å². The van der Waals surface area contributed by atoms with E-state index in [1.807, 2.05) is 28.4 Å². The molecule has 0 bridgehead atoms. The summed E-state index contributed by atoms with van der Waals surface area (Å²) in [6, 6.07) is 5.76. The lowest BCUT2D eigenvalue weighted by atomic mass is 9.99. The molecule has 21 heavy (non-hydrogen) atoms. The van der Waals surface area contributed by atoms with Crippen LogP contribution in [-0.4, -0.2) is 31.7 Å². The van der Waals surface area contributed by atoms with Gasteiger partial charge in [-0.1, -0.05) is 12.1 Å². The Balaban J connectivity index is 2.01. The second-order valence-electron chi connectivity index (χ2n) is 5.08. The van der Waals surface area contributed by atoms with E-state index in [9.17, 15) is 18.0 Å². The maximum absolute atomic E-state index is 12.1. The van der Waals surface area contributed by atoms with Crippen LogP contribution in [0.25, 0.3) is 0 Å². The topological polar surface area (TPSA) is 58.4 Å². The first-order chi connectivity index (χ1) is 9.89. The number of benzene rings is 1. The molecule has 1 aliphatic rings. The Morgan fingerprint density at radius 1 is 1.38 bits per heavy atom. The zero-order valence-corrected chi connectivity index (χ0v) is 11.5. The van der Waals surface area contributed by atoms with Crippen LogP contribution in [0.1, 0.15) is 17.5 Å². The van der Waals surface area contributed by atoms with Gasteiger partial charge < -0.3 is 16.0 Å². The van der Waals surface area contributed by atoms with E-state index in [2.05, 4.69) is 0 Å². The highest BCUT2D eigenvalue weighted by molar-refractivity contribution is 5.82. The zero-order valence-electron chi connectivity index (χ0n) is 11.5. The van der Waals surface area contributed by atoms with Crippen LogP contribution < -0.4 is 16.0 Å². The number of amides is 1. The third-order valence-corrected chi connectivity index (χ3v) is 3.41. The van der Waals surface area contributed by atoms with Gasteiger partial charge >= 0.3 is 6.18 Å². The third kappa shape index (κ3) is 4.35. The minimum absolute atomic E-state index is 0.0644. The van der Waals surface area contributed by atoms with Gasteiger partial charge in [-0.3, -0.25) is 4.79 Å². The molecule has 4 nitrogen and oxygen atoms in total. The van der Waals surface area contributed by atoms with Gasteiger partial charge in [0.25, 0.3) is 0 Å². The summed E-state index contributed by atoms with van der Waals surface area (Å²) in [5.41, 5.74) is 8.60. The number of rotatable bonds is 4. The number of carbonyl (C=O) groups excluding carboxylic acids is 1. The molecule has 2 rings (SSSR count). The second-order valence-corrected chi connectivity index (χ2v) is 5.08. The van der Waals surface area contributed by atoms with Gasteiger partial charge in [-0.25, -0.2) is 0 Å². The molecule has 1 amide bonds. The summed E-state index contributed by atoms with van der Waals surface area (Å²) in [6.07, 6.45) is -2.62. The highest BCUT2D eigenvalue weighted by atomic mass is 19.4. The molecule has 0 unspecified atom stereocenters. The van der Waals surface area contributed by atoms with Crippen LogP contribution in [0.4, 0.5) is 18.9 Å². The molecule has 1 aromatic carbocycles. The minimum Gasteiger partial charge on any atom is -0.362 e. The zero-order chi connectivity index (χ0) is 15.5. The number of nitrogens with zero attached hydrogens (tertiary/aromatic N) is 1. The van der Waals surface area contributed by atoms with Gasteiger partial charge in [0, 0.05) is 18.8 Å². The molecule has 0 saturated carbocycles. The Kier molecular flexibility index (Phi) is 4.72. The van der Waals surface area contributed by atoms with Crippen LogP contribution in [0.15, 0.2) is 18.2 Å². The highest BCUT2D eigenvalue weighted by Gasteiger charge is 2.28. The Labute approximate surface area is 121 Å². The lowest BCUT2D eigenvalue weighted by molar-refractivity contribution is -0.137. The van der Waals surface area contributed by atoms with Crippen LogP contribution in [-0.2, 0) is 17.8 Å². The number of nitrogens with one attached hydrogen (secondary N) is 1. The second kappa shape index (κ2) is 6.34. The van der Waals surface area contributed by atoms with Gasteiger partial charge in [-0.05, 0) is 30.0 Å². The molecule has 1 aliphatic heterocycles. The third-order valence-electron chi connectivity index (χ3n) is 3.41. The molecular weight excluding hydrogens is 283 g/mol. The van der Waals surface area contributed by atoms with Crippen molar-refractivity contribution in [2.45, 2.75) is 25.6 Å². The van der Waals surface area contributed by atoms with Gasteiger partial charge in [-0.15, -0.1) is 0 Å². The SMILES string of the molecule is NCc1ccc2c(c1)CCCN2CC(=O)NCC(F)(F)F. The molecule has 0 saturated heterocycles.